The van der Waals surface area contributed by atoms with E-state index in [1.807, 2.05) is 49.4 Å². The van der Waals surface area contributed by atoms with Gasteiger partial charge >= 0.3 is 0 Å². The molecule has 0 radical (unpaired) electrons. The first-order valence-electron chi connectivity index (χ1n) is 11.0. The number of benzene rings is 3. The number of nitro benzene ring substituents is 1. The standard InChI is InChI=1S/C26H22N4O4/c1-16-24-22(29-28-18-12-14-19(15-13-18)30(32)33)10-5-11-23(24)34-25(16)26(31)27-21-9-4-7-17-6-2-3-8-20(17)21/h2-4,6-9,12-15,28H,5,10-11H2,1H3,(H,27,31)/b29-22+. The summed E-state index contributed by atoms with van der Waals surface area (Å²) in [5.41, 5.74) is 6.75. The van der Waals surface area contributed by atoms with Crippen molar-refractivity contribution in [1.29, 1.82) is 0 Å². The van der Waals surface area contributed by atoms with Gasteiger partial charge in [0.15, 0.2) is 5.76 Å². The third kappa shape index (κ3) is 4.01. The van der Waals surface area contributed by atoms with Gasteiger partial charge in [0, 0.05) is 40.8 Å². The van der Waals surface area contributed by atoms with Crippen LogP contribution in [-0.2, 0) is 6.42 Å². The number of rotatable bonds is 5. The van der Waals surface area contributed by atoms with Gasteiger partial charge in [0.1, 0.15) is 5.76 Å². The van der Waals surface area contributed by atoms with Crippen LogP contribution in [0, 0.1) is 17.0 Å². The Labute approximate surface area is 195 Å². The van der Waals surface area contributed by atoms with E-state index in [1.54, 1.807) is 12.1 Å². The fourth-order valence-electron chi connectivity index (χ4n) is 4.30. The smallest absolute Gasteiger partial charge is 0.291 e. The van der Waals surface area contributed by atoms with E-state index >= 15 is 0 Å². The monoisotopic (exact) mass is 454 g/mol. The van der Waals surface area contributed by atoms with Crippen LogP contribution in [-0.4, -0.2) is 16.5 Å². The Morgan fingerprint density at radius 3 is 2.59 bits per heavy atom. The number of non-ortho nitro benzene ring substituents is 1. The van der Waals surface area contributed by atoms with E-state index in [0.29, 0.717) is 5.69 Å². The summed E-state index contributed by atoms with van der Waals surface area (Å²) in [6.07, 6.45) is 2.32. The van der Waals surface area contributed by atoms with E-state index in [1.165, 1.54) is 12.1 Å². The van der Waals surface area contributed by atoms with Crippen molar-refractivity contribution >= 4 is 39.5 Å². The second kappa shape index (κ2) is 8.82. The van der Waals surface area contributed by atoms with Crippen LogP contribution in [0.3, 0.4) is 0 Å². The number of nitro groups is 1. The third-order valence-corrected chi connectivity index (χ3v) is 5.97. The SMILES string of the molecule is Cc1c(C(=O)Nc2cccc3ccccc23)oc2c1/C(=N/Nc1ccc([N+](=O)[O-])cc1)CCC2. The van der Waals surface area contributed by atoms with E-state index in [0.717, 1.165) is 58.3 Å². The fourth-order valence-corrected chi connectivity index (χ4v) is 4.30. The zero-order chi connectivity index (χ0) is 23.7. The number of fused-ring (bicyclic) bond motifs is 2. The second-order valence-corrected chi connectivity index (χ2v) is 8.16. The average molecular weight is 454 g/mol. The maximum Gasteiger partial charge on any atom is 0.291 e. The summed E-state index contributed by atoms with van der Waals surface area (Å²) in [4.78, 5) is 23.6. The Balaban J connectivity index is 1.41. The second-order valence-electron chi connectivity index (χ2n) is 8.16. The molecule has 0 fully saturated rings. The number of hydrazone groups is 1. The van der Waals surface area contributed by atoms with Gasteiger partial charge in [0.25, 0.3) is 11.6 Å². The summed E-state index contributed by atoms with van der Waals surface area (Å²) in [5.74, 6) is 0.727. The van der Waals surface area contributed by atoms with E-state index in [9.17, 15) is 14.9 Å². The van der Waals surface area contributed by atoms with Crippen LogP contribution >= 0.6 is 0 Å². The molecule has 1 amide bonds. The van der Waals surface area contributed by atoms with Crippen molar-refractivity contribution < 1.29 is 14.1 Å². The first-order chi connectivity index (χ1) is 16.5. The molecular formula is C26H22N4O4. The maximum atomic E-state index is 13.2. The van der Waals surface area contributed by atoms with Gasteiger partial charge in [-0.2, -0.15) is 5.10 Å². The Kier molecular flexibility index (Phi) is 5.55. The molecule has 0 atom stereocenters. The van der Waals surface area contributed by atoms with Crippen molar-refractivity contribution in [3.8, 4) is 0 Å². The molecule has 0 spiro atoms. The van der Waals surface area contributed by atoms with Crippen LogP contribution in [0.2, 0.25) is 0 Å². The fraction of sp³-hybridized carbons (Fsp3) is 0.154. The van der Waals surface area contributed by atoms with E-state index in [2.05, 4.69) is 15.8 Å². The lowest BCUT2D eigenvalue weighted by Crippen LogP contribution is -2.14. The average Bonchev–Trinajstić information content (AvgIpc) is 3.20. The molecule has 0 bridgehead atoms. The van der Waals surface area contributed by atoms with Gasteiger partial charge in [-0.05, 0) is 43.4 Å². The number of carbonyl (C=O) groups is 1. The molecule has 1 aliphatic rings. The van der Waals surface area contributed by atoms with E-state index < -0.39 is 4.92 Å². The number of hydrogen-bond acceptors (Lipinski definition) is 6. The molecule has 2 N–H and O–H groups in total. The summed E-state index contributed by atoms with van der Waals surface area (Å²) in [7, 11) is 0. The number of anilines is 2. The van der Waals surface area contributed by atoms with Gasteiger partial charge in [-0.15, -0.1) is 0 Å². The lowest BCUT2D eigenvalue weighted by atomic mass is 9.93. The summed E-state index contributed by atoms with van der Waals surface area (Å²) < 4.78 is 6.01. The van der Waals surface area contributed by atoms with E-state index in [-0.39, 0.29) is 17.4 Å². The minimum Gasteiger partial charge on any atom is -0.455 e. The highest BCUT2D eigenvalue weighted by molar-refractivity contribution is 6.11. The first-order valence-corrected chi connectivity index (χ1v) is 11.0. The number of aryl methyl sites for hydroxylation is 1. The highest BCUT2D eigenvalue weighted by Crippen LogP contribution is 2.31. The zero-order valence-corrected chi connectivity index (χ0v) is 18.5. The summed E-state index contributed by atoms with van der Waals surface area (Å²) in [6, 6.07) is 19.7. The van der Waals surface area contributed by atoms with Crippen molar-refractivity contribution in [3.63, 3.8) is 0 Å². The number of hydrogen-bond donors (Lipinski definition) is 2. The van der Waals surface area contributed by atoms with Gasteiger partial charge < -0.3 is 9.73 Å². The molecule has 3 aromatic carbocycles. The lowest BCUT2D eigenvalue weighted by Gasteiger charge is -2.13. The minimum absolute atomic E-state index is 0.0192. The Morgan fingerprint density at radius 1 is 1.03 bits per heavy atom. The predicted octanol–water partition coefficient (Wildman–Crippen LogP) is 6.05. The molecule has 170 valence electrons. The summed E-state index contributed by atoms with van der Waals surface area (Å²) in [6.45, 7) is 1.87. The van der Waals surface area contributed by atoms with Crippen molar-refractivity contribution in [3.05, 3.63) is 99.5 Å². The van der Waals surface area contributed by atoms with Crippen LogP contribution in [0.1, 0.15) is 40.3 Å². The predicted molar refractivity (Wildman–Crippen MR) is 132 cm³/mol. The van der Waals surface area contributed by atoms with Crippen molar-refractivity contribution in [2.75, 3.05) is 10.7 Å². The molecule has 8 nitrogen and oxygen atoms in total. The number of carbonyl (C=O) groups excluding carboxylic acids is 1. The number of amides is 1. The topological polar surface area (TPSA) is 110 Å². The summed E-state index contributed by atoms with van der Waals surface area (Å²) in [5, 5.41) is 20.4. The lowest BCUT2D eigenvalue weighted by molar-refractivity contribution is -0.384. The van der Waals surface area contributed by atoms with Crippen LogP contribution < -0.4 is 10.7 Å². The molecule has 8 heteroatoms. The number of furan rings is 1. The third-order valence-electron chi connectivity index (χ3n) is 5.97. The van der Waals surface area contributed by atoms with E-state index in [4.69, 9.17) is 4.42 Å². The number of nitrogens with one attached hydrogen (secondary N) is 2. The van der Waals surface area contributed by atoms with Gasteiger partial charge in [0.2, 0.25) is 0 Å². The number of nitrogens with zero attached hydrogens (tertiary/aromatic N) is 2. The van der Waals surface area contributed by atoms with Crippen molar-refractivity contribution in [2.24, 2.45) is 5.10 Å². The highest BCUT2D eigenvalue weighted by Gasteiger charge is 2.28. The molecule has 4 aromatic rings. The molecule has 0 aliphatic heterocycles. The maximum absolute atomic E-state index is 13.2. The van der Waals surface area contributed by atoms with Crippen molar-refractivity contribution in [1.82, 2.24) is 0 Å². The molecule has 0 saturated heterocycles. The minimum atomic E-state index is -0.442. The summed E-state index contributed by atoms with van der Waals surface area (Å²) >= 11 is 0. The van der Waals surface area contributed by atoms with Gasteiger partial charge in [-0.1, -0.05) is 36.4 Å². The normalized spacial score (nSPS) is 14.1. The molecule has 0 unspecified atom stereocenters. The van der Waals surface area contributed by atoms with Crippen LogP contribution in [0.15, 0.2) is 76.2 Å². The van der Waals surface area contributed by atoms with Crippen LogP contribution in [0.4, 0.5) is 17.1 Å². The largest absolute Gasteiger partial charge is 0.455 e. The highest BCUT2D eigenvalue weighted by atomic mass is 16.6. The molecule has 1 heterocycles. The quantitative estimate of drug-likeness (QED) is 0.282. The Hall–Kier alpha value is -4.46. The van der Waals surface area contributed by atoms with Gasteiger partial charge in [-0.25, -0.2) is 0 Å². The molecule has 1 aliphatic carbocycles. The first kappa shape index (κ1) is 21.4. The van der Waals surface area contributed by atoms with Gasteiger partial charge in [0.05, 0.1) is 16.3 Å². The Morgan fingerprint density at radius 2 is 1.79 bits per heavy atom. The Bertz CT molecular complexity index is 1430. The molecule has 34 heavy (non-hydrogen) atoms. The zero-order valence-electron chi connectivity index (χ0n) is 18.5. The molecular weight excluding hydrogens is 432 g/mol. The molecule has 0 saturated carbocycles. The molecule has 5 rings (SSSR count). The van der Waals surface area contributed by atoms with Crippen molar-refractivity contribution in [2.45, 2.75) is 26.2 Å². The van der Waals surface area contributed by atoms with Crippen LogP contribution in [0.25, 0.3) is 10.8 Å². The molecule has 1 aromatic heterocycles. The van der Waals surface area contributed by atoms with Gasteiger partial charge in [-0.3, -0.25) is 20.3 Å². The van der Waals surface area contributed by atoms with Crippen LogP contribution in [0.5, 0.6) is 0 Å².